The molecular formula is C24H17NO. The average molecular weight is 335 g/mol. The molecule has 0 amide bonds. The van der Waals surface area contributed by atoms with E-state index < -0.39 is 0 Å². The summed E-state index contributed by atoms with van der Waals surface area (Å²) < 4.78 is 6.24. The van der Waals surface area contributed by atoms with Crippen LogP contribution in [-0.2, 0) is 0 Å². The second-order valence-electron chi connectivity index (χ2n) is 6.44. The fraction of sp³-hybridized carbons (Fsp3) is 0.0417. The summed E-state index contributed by atoms with van der Waals surface area (Å²) >= 11 is 0. The molecule has 124 valence electrons. The van der Waals surface area contributed by atoms with E-state index in [2.05, 4.69) is 66.7 Å². The molecule has 2 heteroatoms. The molecule has 1 aromatic heterocycles. The maximum Gasteiger partial charge on any atom is 0.207 e. The van der Waals surface area contributed by atoms with Crippen LogP contribution < -0.4 is 0 Å². The molecule has 0 aliphatic heterocycles. The first-order valence-corrected chi connectivity index (χ1v) is 8.78. The Kier molecular flexibility index (Phi) is 3.53. The normalized spacial score (nSPS) is 11.4. The van der Waals surface area contributed by atoms with Crippen molar-refractivity contribution in [1.82, 2.24) is 4.98 Å². The van der Waals surface area contributed by atoms with Crippen molar-refractivity contribution in [3.05, 3.63) is 114 Å². The number of hydrogen-bond acceptors (Lipinski definition) is 2. The Bertz CT molecular complexity index is 1140. The van der Waals surface area contributed by atoms with Gasteiger partial charge in [-0.1, -0.05) is 91.0 Å². The highest BCUT2D eigenvalue weighted by Crippen LogP contribution is 2.34. The van der Waals surface area contributed by atoms with E-state index >= 15 is 0 Å². The van der Waals surface area contributed by atoms with Crippen molar-refractivity contribution >= 4 is 21.9 Å². The van der Waals surface area contributed by atoms with Crippen LogP contribution in [-0.4, -0.2) is 4.98 Å². The van der Waals surface area contributed by atoms with Gasteiger partial charge in [0.1, 0.15) is 5.52 Å². The molecular weight excluding hydrogens is 318 g/mol. The Balaban J connectivity index is 1.75. The van der Waals surface area contributed by atoms with Crippen LogP contribution in [0.15, 0.2) is 101 Å². The summed E-state index contributed by atoms with van der Waals surface area (Å²) in [5.74, 6) is 0.706. The van der Waals surface area contributed by atoms with Gasteiger partial charge in [-0.3, -0.25) is 0 Å². The van der Waals surface area contributed by atoms with Gasteiger partial charge in [-0.25, -0.2) is 4.98 Å². The lowest BCUT2D eigenvalue weighted by Gasteiger charge is -2.14. The number of aromatic nitrogens is 1. The first-order chi connectivity index (χ1) is 12.9. The molecule has 2 nitrogen and oxygen atoms in total. The van der Waals surface area contributed by atoms with E-state index in [9.17, 15) is 0 Å². The Labute approximate surface area is 151 Å². The fourth-order valence-corrected chi connectivity index (χ4v) is 3.57. The molecule has 4 aromatic carbocycles. The monoisotopic (exact) mass is 335 g/mol. The van der Waals surface area contributed by atoms with E-state index in [4.69, 9.17) is 9.40 Å². The topological polar surface area (TPSA) is 26.0 Å². The van der Waals surface area contributed by atoms with Crippen LogP contribution in [0.4, 0.5) is 0 Å². The molecule has 0 atom stereocenters. The van der Waals surface area contributed by atoms with Gasteiger partial charge < -0.3 is 4.42 Å². The standard InChI is InChI=1S/C24H17NO/c1-3-10-18(11-4-1)22(19-12-5-2-6-13-19)24-25-23-20-14-8-7-9-17(20)15-16-21(23)26-24/h1-16,22H. The number of nitrogens with zero attached hydrogens (tertiary/aromatic N) is 1. The molecule has 0 fully saturated rings. The maximum absolute atomic E-state index is 6.24. The van der Waals surface area contributed by atoms with Crippen LogP contribution in [0.1, 0.15) is 22.9 Å². The SMILES string of the molecule is c1ccc(C(c2ccccc2)c2nc3c(ccc4ccccc43)o2)cc1. The smallest absolute Gasteiger partial charge is 0.207 e. The van der Waals surface area contributed by atoms with Gasteiger partial charge >= 0.3 is 0 Å². The Morgan fingerprint density at radius 1 is 0.615 bits per heavy atom. The van der Waals surface area contributed by atoms with Crippen molar-refractivity contribution in [2.45, 2.75) is 5.92 Å². The molecule has 0 saturated heterocycles. The lowest BCUT2D eigenvalue weighted by Crippen LogP contribution is -2.03. The number of oxazole rings is 1. The third kappa shape index (κ3) is 2.47. The van der Waals surface area contributed by atoms with Crippen LogP contribution >= 0.6 is 0 Å². The molecule has 0 aliphatic carbocycles. The first-order valence-electron chi connectivity index (χ1n) is 8.78. The van der Waals surface area contributed by atoms with Crippen molar-refractivity contribution in [3.8, 4) is 0 Å². The van der Waals surface area contributed by atoms with Crippen molar-refractivity contribution in [2.24, 2.45) is 0 Å². The van der Waals surface area contributed by atoms with Gasteiger partial charge in [-0.15, -0.1) is 0 Å². The lowest BCUT2D eigenvalue weighted by atomic mass is 9.91. The van der Waals surface area contributed by atoms with E-state index in [1.807, 2.05) is 30.3 Å². The van der Waals surface area contributed by atoms with Crippen molar-refractivity contribution in [2.75, 3.05) is 0 Å². The van der Waals surface area contributed by atoms with E-state index in [1.165, 1.54) is 16.5 Å². The second-order valence-corrected chi connectivity index (χ2v) is 6.44. The third-order valence-corrected chi connectivity index (χ3v) is 4.81. The number of hydrogen-bond donors (Lipinski definition) is 0. The van der Waals surface area contributed by atoms with Crippen LogP contribution in [0.2, 0.25) is 0 Å². The average Bonchev–Trinajstić information content (AvgIpc) is 3.14. The minimum absolute atomic E-state index is 0.0245. The maximum atomic E-state index is 6.24. The molecule has 0 spiro atoms. The molecule has 26 heavy (non-hydrogen) atoms. The summed E-state index contributed by atoms with van der Waals surface area (Å²) in [6.07, 6.45) is 0. The zero-order valence-electron chi connectivity index (χ0n) is 14.2. The summed E-state index contributed by atoms with van der Waals surface area (Å²) in [4.78, 5) is 4.93. The molecule has 0 aliphatic rings. The highest BCUT2D eigenvalue weighted by atomic mass is 16.3. The molecule has 0 unspecified atom stereocenters. The fourth-order valence-electron chi connectivity index (χ4n) is 3.57. The van der Waals surface area contributed by atoms with Gasteiger partial charge in [-0.05, 0) is 22.6 Å². The molecule has 5 rings (SSSR count). The predicted molar refractivity (Wildman–Crippen MR) is 105 cm³/mol. The number of fused-ring (bicyclic) bond motifs is 3. The molecule has 0 bridgehead atoms. The third-order valence-electron chi connectivity index (χ3n) is 4.81. The van der Waals surface area contributed by atoms with Crippen LogP contribution in [0.3, 0.4) is 0 Å². The van der Waals surface area contributed by atoms with Crippen molar-refractivity contribution in [1.29, 1.82) is 0 Å². The minimum atomic E-state index is -0.0245. The summed E-state index contributed by atoms with van der Waals surface area (Å²) in [7, 11) is 0. The second kappa shape index (κ2) is 6.16. The number of rotatable bonds is 3. The van der Waals surface area contributed by atoms with Crippen LogP contribution in [0.5, 0.6) is 0 Å². The summed E-state index contributed by atoms with van der Waals surface area (Å²) in [5, 5.41) is 2.30. The lowest BCUT2D eigenvalue weighted by molar-refractivity contribution is 0.522. The largest absolute Gasteiger partial charge is 0.440 e. The van der Waals surface area contributed by atoms with E-state index in [0.717, 1.165) is 22.4 Å². The summed E-state index contributed by atoms with van der Waals surface area (Å²) in [5.41, 5.74) is 4.11. The van der Waals surface area contributed by atoms with Crippen LogP contribution in [0.25, 0.3) is 21.9 Å². The zero-order chi connectivity index (χ0) is 17.3. The summed E-state index contributed by atoms with van der Waals surface area (Å²) in [6.45, 7) is 0. The molecule has 1 heterocycles. The zero-order valence-corrected chi connectivity index (χ0v) is 14.2. The van der Waals surface area contributed by atoms with Gasteiger partial charge in [0.15, 0.2) is 5.58 Å². The molecule has 0 saturated carbocycles. The van der Waals surface area contributed by atoms with Crippen molar-refractivity contribution < 1.29 is 4.42 Å². The highest BCUT2D eigenvalue weighted by Gasteiger charge is 2.22. The quantitative estimate of drug-likeness (QED) is 0.394. The van der Waals surface area contributed by atoms with E-state index in [1.54, 1.807) is 0 Å². The van der Waals surface area contributed by atoms with E-state index in [0.29, 0.717) is 0 Å². The number of benzene rings is 4. The van der Waals surface area contributed by atoms with Gasteiger partial charge in [0, 0.05) is 5.39 Å². The van der Waals surface area contributed by atoms with Gasteiger partial charge in [0.05, 0.1) is 5.92 Å². The Hall–Kier alpha value is -3.39. The molecule has 0 radical (unpaired) electrons. The Morgan fingerprint density at radius 2 is 1.23 bits per heavy atom. The first kappa shape index (κ1) is 14.9. The molecule has 0 N–H and O–H groups in total. The molecule has 5 aromatic rings. The van der Waals surface area contributed by atoms with Gasteiger partial charge in [0.2, 0.25) is 5.89 Å². The van der Waals surface area contributed by atoms with Crippen LogP contribution in [0, 0.1) is 0 Å². The highest BCUT2D eigenvalue weighted by molar-refractivity contribution is 6.03. The van der Waals surface area contributed by atoms with Gasteiger partial charge in [-0.2, -0.15) is 0 Å². The predicted octanol–water partition coefficient (Wildman–Crippen LogP) is 6.16. The Morgan fingerprint density at radius 3 is 1.92 bits per heavy atom. The van der Waals surface area contributed by atoms with E-state index in [-0.39, 0.29) is 5.92 Å². The van der Waals surface area contributed by atoms with Crippen molar-refractivity contribution in [3.63, 3.8) is 0 Å². The van der Waals surface area contributed by atoms with Gasteiger partial charge in [0.25, 0.3) is 0 Å². The summed E-state index contributed by atoms with van der Waals surface area (Å²) in [6, 6.07) is 33.2. The minimum Gasteiger partial charge on any atom is -0.440 e.